The third kappa shape index (κ3) is 5.16. The van der Waals surface area contributed by atoms with Crippen LogP contribution in [0.25, 0.3) is 16.3 Å². The van der Waals surface area contributed by atoms with Gasteiger partial charge < -0.3 is 0 Å². The Kier molecular flexibility index (Phi) is 7.66. The Morgan fingerprint density at radius 1 is 1.04 bits per heavy atom. The fourth-order valence-electron chi connectivity index (χ4n) is 3.19. The summed E-state index contributed by atoms with van der Waals surface area (Å²) in [7, 11) is 0. The van der Waals surface area contributed by atoms with Gasteiger partial charge in [0, 0.05) is 11.6 Å². The summed E-state index contributed by atoms with van der Waals surface area (Å²) in [5.41, 5.74) is 3.98. The number of hydrogen-bond donors (Lipinski definition) is 0. The van der Waals surface area contributed by atoms with E-state index in [4.69, 9.17) is 4.98 Å². The minimum absolute atomic E-state index is 0.533. The van der Waals surface area contributed by atoms with Crippen molar-refractivity contribution in [1.29, 1.82) is 0 Å². The van der Waals surface area contributed by atoms with E-state index >= 15 is 0 Å². The third-order valence-electron chi connectivity index (χ3n) is 4.33. The van der Waals surface area contributed by atoms with Crippen LogP contribution in [0.2, 0.25) is 0 Å². The highest BCUT2D eigenvalue weighted by Crippen LogP contribution is 2.36. The van der Waals surface area contributed by atoms with Crippen LogP contribution in [-0.2, 0) is 0 Å². The van der Waals surface area contributed by atoms with Gasteiger partial charge in [-0.15, -0.1) is 0 Å². The van der Waals surface area contributed by atoms with Crippen LogP contribution in [-0.4, -0.2) is 4.98 Å². The van der Waals surface area contributed by atoms with Crippen LogP contribution < -0.4 is 0 Å². The minimum atomic E-state index is 0.533. The minimum Gasteiger partial charge on any atom is -0.256 e. The lowest BCUT2D eigenvalue weighted by Crippen LogP contribution is -2.08. The zero-order valence-corrected chi connectivity index (χ0v) is 16.1. The Labute approximate surface area is 153 Å². The molecule has 1 nitrogen and oxygen atoms in total. The van der Waals surface area contributed by atoms with Crippen molar-refractivity contribution in [2.45, 2.75) is 53.4 Å². The second kappa shape index (κ2) is 9.98. The summed E-state index contributed by atoms with van der Waals surface area (Å²) in [5, 5.41) is 2.52. The number of allylic oxidation sites excluding steroid dienone is 6. The smallest absolute Gasteiger partial charge is 0.0742 e. The molecule has 132 valence electrons. The highest BCUT2D eigenvalue weighted by Gasteiger charge is 2.20. The molecule has 0 fully saturated rings. The first kappa shape index (κ1) is 19.2. The second-order valence-corrected chi connectivity index (χ2v) is 6.74. The highest BCUT2D eigenvalue weighted by molar-refractivity contribution is 5.92. The van der Waals surface area contributed by atoms with Gasteiger partial charge in [-0.3, -0.25) is 4.98 Å². The Bertz CT molecular complexity index is 759. The van der Waals surface area contributed by atoms with E-state index < -0.39 is 0 Å². The molecule has 1 aromatic carbocycles. The first-order valence-corrected chi connectivity index (χ1v) is 9.57. The van der Waals surface area contributed by atoms with E-state index in [2.05, 4.69) is 82.3 Å². The van der Waals surface area contributed by atoms with Crippen molar-refractivity contribution in [1.82, 2.24) is 4.98 Å². The lowest BCUT2D eigenvalue weighted by Gasteiger charge is -2.23. The summed E-state index contributed by atoms with van der Waals surface area (Å²) in [6.07, 6.45) is 15.6. The van der Waals surface area contributed by atoms with Crippen LogP contribution >= 0.6 is 0 Å². The molecule has 1 heterocycles. The van der Waals surface area contributed by atoms with Gasteiger partial charge in [-0.25, -0.2) is 0 Å². The maximum atomic E-state index is 4.71. The van der Waals surface area contributed by atoms with Crippen molar-refractivity contribution >= 4 is 16.3 Å². The molecule has 0 radical (unpaired) electrons. The summed E-state index contributed by atoms with van der Waals surface area (Å²) in [5.74, 6) is 0.533. The van der Waals surface area contributed by atoms with Gasteiger partial charge in [-0.1, -0.05) is 81.3 Å². The fraction of sp³-hybridized carbons (Fsp3) is 0.375. The van der Waals surface area contributed by atoms with E-state index in [-0.39, 0.29) is 0 Å². The van der Waals surface area contributed by atoms with Gasteiger partial charge in [-0.2, -0.15) is 0 Å². The van der Waals surface area contributed by atoms with Gasteiger partial charge in [0.1, 0.15) is 0 Å². The molecular formula is C24H31N. The highest BCUT2D eigenvalue weighted by atomic mass is 14.7. The molecule has 0 N–H and O–H groups in total. The first-order chi connectivity index (χ1) is 12.2. The largest absolute Gasteiger partial charge is 0.256 e. The average molecular weight is 334 g/mol. The summed E-state index contributed by atoms with van der Waals surface area (Å²) in [4.78, 5) is 4.71. The topological polar surface area (TPSA) is 12.9 Å². The van der Waals surface area contributed by atoms with E-state index in [0.29, 0.717) is 5.92 Å². The molecule has 1 heteroatoms. The standard InChI is InChI=1S/C21H23N.C3H8/c1-3-4-5-9-18-15-16(2)11-12-20(18)21-19-10-7-6-8-17(19)13-14-22-21;1-3-2/h4-8,10-14,18H,3,9,15H2,1-2H3;3H2,1-2H3. The van der Waals surface area contributed by atoms with Crippen LogP contribution in [0, 0.1) is 5.92 Å². The number of rotatable bonds is 4. The molecule has 1 aromatic heterocycles. The van der Waals surface area contributed by atoms with Gasteiger partial charge in [0.05, 0.1) is 5.69 Å². The van der Waals surface area contributed by atoms with Crippen molar-refractivity contribution < 1.29 is 0 Å². The maximum Gasteiger partial charge on any atom is 0.0742 e. The molecule has 0 spiro atoms. The zero-order valence-electron chi connectivity index (χ0n) is 16.1. The van der Waals surface area contributed by atoms with Gasteiger partial charge >= 0.3 is 0 Å². The SMILES string of the molecule is CCC.CCC=CCC1CC(C)=CC=C1c1nccc2ccccc12. The van der Waals surface area contributed by atoms with E-state index in [9.17, 15) is 0 Å². The molecule has 0 saturated heterocycles. The Morgan fingerprint density at radius 3 is 2.56 bits per heavy atom. The second-order valence-electron chi connectivity index (χ2n) is 6.74. The van der Waals surface area contributed by atoms with Crippen LogP contribution in [0.15, 0.2) is 66.4 Å². The Hall–Kier alpha value is -2.15. The summed E-state index contributed by atoms with van der Waals surface area (Å²) >= 11 is 0. The molecule has 25 heavy (non-hydrogen) atoms. The van der Waals surface area contributed by atoms with Gasteiger partial charge in [-0.05, 0) is 49.1 Å². The fourth-order valence-corrected chi connectivity index (χ4v) is 3.19. The van der Waals surface area contributed by atoms with Crippen molar-refractivity contribution in [3.8, 4) is 0 Å². The number of nitrogens with zero attached hydrogens (tertiary/aromatic N) is 1. The quantitative estimate of drug-likeness (QED) is 0.533. The maximum absolute atomic E-state index is 4.71. The van der Waals surface area contributed by atoms with E-state index in [1.54, 1.807) is 0 Å². The Morgan fingerprint density at radius 2 is 1.80 bits per heavy atom. The molecule has 1 atom stereocenters. The monoisotopic (exact) mass is 333 g/mol. The lowest BCUT2D eigenvalue weighted by molar-refractivity contribution is 0.663. The number of hydrogen-bond acceptors (Lipinski definition) is 1. The Balaban J connectivity index is 0.000000701. The van der Waals surface area contributed by atoms with Crippen LogP contribution in [0.1, 0.15) is 59.1 Å². The van der Waals surface area contributed by atoms with Crippen LogP contribution in [0.3, 0.4) is 0 Å². The van der Waals surface area contributed by atoms with Crippen molar-refractivity contribution in [2.75, 3.05) is 0 Å². The molecule has 0 saturated carbocycles. The lowest BCUT2D eigenvalue weighted by atomic mass is 9.82. The first-order valence-electron chi connectivity index (χ1n) is 9.57. The van der Waals surface area contributed by atoms with E-state index in [0.717, 1.165) is 25.0 Å². The predicted molar refractivity (Wildman–Crippen MR) is 112 cm³/mol. The van der Waals surface area contributed by atoms with Gasteiger partial charge in [0.2, 0.25) is 0 Å². The number of fused-ring (bicyclic) bond motifs is 1. The van der Waals surface area contributed by atoms with Gasteiger partial charge in [0.15, 0.2) is 0 Å². The predicted octanol–water partition coefficient (Wildman–Crippen LogP) is 7.36. The zero-order chi connectivity index (χ0) is 18.1. The molecular weight excluding hydrogens is 302 g/mol. The molecule has 3 rings (SSSR count). The molecule has 0 amide bonds. The molecule has 2 aromatic rings. The number of benzene rings is 1. The molecule has 1 aliphatic carbocycles. The third-order valence-corrected chi connectivity index (χ3v) is 4.33. The normalized spacial score (nSPS) is 17.0. The molecule has 0 aliphatic heterocycles. The summed E-state index contributed by atoms with van der Waals surface area (Å²) in [6, 6.07) is 10.6. The average Bonchev–Trinajstić information content (AvgIpc) is 2.62. The number of pyridine rings is 1. The van der Waals surface area contributed by atoms with Crippen molar-refractivity contribution in [3.63, 3.8) is 0 Å². The number of aromatic nitrogens is 1. The van der Waals surface area contributed by atoms with E-state index in [1.165, 1.54) is 28.3 Å². The molecule has 1 unspecified atom stereocenters. The van der Waals surface area contributed by atoms with Crippen molar-refractivity contribution in [3.05, 3.63) is 72.1 Å². The van der Waals surface area contributed by atoms with Gasteiger partial charge in [0.25, 0.3) is 0 Å². The van der Waals surface area contributed by atoms with Crippen molar-refractivity contribution in [2.24, 2.45) is 5.92 Å². The summed E-state index contributed by atoms with van der Waals surface area (Å²) < 4.78 is 0. The van der Waals surface area contributed by atoms with Crippen LogP contribution in [0.5, 0.6) is 0 Å². The molecule has 1 aliphatic rings. The van der Waals surface area contributed by atoms with E-state index in [1.807, 2.05) is 6.20 Å². The van der Waals surface area contributed by atoms with Crippen LogP contribution in [0.4, 0.5) is 0 Å². The molecule has 0 bridgehead atoms. The summed E-state index contributed by atoms with van der Waals surface area (Å²) in [6.45, 7) is 8.66.